The number of carbonyl (C=O) groups excluding carboxylic acids is 2. The SMILES string of the molecule is CS(=O)(=O)N(CC(=O)N(Cc1ccc(Cl)cc1)[C@H](Cc1ccccc1)C(=O)NC1CCCCC1)c1cc(Cl)c(Cl)cc1Cl. The molecule has 0 saturated heterocycles. The minimum atomic E-state index is -4.02. The number of nitrogens with one attached hydrogen (secondary N) is 1. The fourth-order valence-corrected chi connectivity index (χ4v) is 6.86. The average molecular weight is 686 g/mol. The minimum absolute atomic E-state index is 0.00428. The van der Waals surface area contributed by atoms with Gasteiger partial charge in [0.25, 0.3) is 0 Å². The summed E-state index contributed by atoms with van der Waals surface area (Å²) >= 11 is 24.8. The van der Waals surface area contributed by atoms with Crippen LogP contribution in [0.3, 0.4) is 0 Å². The van der Waals surface area contributed by atoms with Crippen LogP contribution in [0.15, 0.2) is 66.7 Å². The second kappa shape index (κ2) is 15.0. The maximum atomic E-state index is 14.2. The molecular weight excluding hydrogens is 652 g/mol. The standard InChI is InChI=1S/C31H33Cl4N3O4S/c1-43(41,42)38(28-18-26(34)25(33)17-27(28)35)20-30(39)37(19-22-12-14-23(32)15-13-22)29(16-21-8-4-2-5-9-21)31(40)36-24-10-6-3-7-11-24/h2,4-5,8-9,12-15,17-18,24,29H,3,6-7,10-11,16,19-20H2,1H3,(H,36,40)/t29-/m1/s1. The molecule has 1 saturated carbocycles. The molecule has 230 valence electrons. The van der Waals surface area contributed by atoms with Crippen molar-refractivity contribution in [3.8, 4) is 0 Å². The summed E-state index contributed by atoms with van der Waals surface area (Å²) in [6.07, 6.45) is 6.11. The molecule has 0 unspecified atom stereocenters. The van der Waals surface area contributed by atoms with Crippen LogP contribution in [0.4, 0.5) is 5.69 Å². The zero-order valence-corrected chi connectivity index (χ0v) is 27.5. The van der Waals surface area contributed by atoms with Crippen LogP contribution in [0.5, 0.6) is 0 Å². The van der Waals surface area contributed by atoms with Crippen LogP contribution in [0.25, 0.3) is 0 Å². The Bertz CT molecular complexity index is 1530. The molecule has 1 N–H and O–H groups in total. The van der Waals surface area contributed by atoms with Crippen molar-refractivity contribution < 1.29 is 18.0 Å². The number of halogens is 4. The highest BCUT2D eigenvalue weighted by Gasteiger charge is 2.34. The number of sulfonamides is 1. The summed E-state index contributed by atoms with van der Waals surface area (Å²) in [7, 11) is -4.02. The van der Waals surface area contributed by atoms with Crippen LogP contribution in [0, 0.1) is 0 Å². The Kier molecular flexibility index (Phi) is 11.6. The normalized spacial score (nSPS) is 14.6. The topological polar surface area (TPSA) is 86.8 Å². The largest absolute Gasteiger partial charge is 0.352 e. The monoisotopic (exact) mass is 683 g/mol. The van der Waals surface area contributed by atoms with Crippen LogP contribution < -0.4 is 9.62 Å². The Morgan fingerprint density at radius 2 is 1.49 bits per heavy atom. The first kappa shape index (κ1) is 33.4. The minimum Gasteiger partial charge on any atom is -0.352 e. The zero-order chi connectivity index (χ0) is 31.1. The first-order chi connectivity index (χ1) is 20.4. The van der Waals surface area contributed by atoms with Gasteiger partial charge in [0.15, 0.2) is 0 Å². The Labute approximate surface area is 273 Å². The van der Waals surface area contributed by atoms with E-state index in [0.29, 0.717) is 5.02 Å². The molecule has 7 nitrogen and oxygen atoms in total. The van der Waals surface area contributed by atoms with Crippen LogP contribution in [0.1, 0.15) is 43.2 Å². The lowest BCUT2D eigenvalue weighted by molar-refractivity contribution is -0.140. The van der Waals surface area contributed by atoms with Gasteiger partial charge in [-0.1, -0.05) is 108 Å². The highest BCUT2D eigenvalue weighted by molar-refractivity contribution is 7.92. The smallest absolute Gasteiger partial charge is 0.244 e. The molecule has 4 rings (SSSR count). The van der Waals surface area contributed by atoms with E-state index in [4.69, 9.17) is 46.4 Å². The summed E-state index contributed by atoms with van der Waals surface area (Å²) in [6, 6.07) is 18.0. The number of carbonyl (C=O) groups is 2. The Hall–Kier alpha value is -2.49. The van der Waals surface area contributed by atoms with Gasteiger partial charge < -0.3 is 10.2 Å². The van der Waals surface area contributed by atoms with Gasteiger partial charge in [0.1, 0.15) is 12.6 Å². The van der Waals surface area contributed by atoms with Crippen molar-refractivity contribution >= 4 is 73.9 Å². The second-order valence-corrected chi connectivity index (χ2v) is 14.2. The maximum absolute atomic E-state index is 14.2. The van der Waals surface area contributed by atoms with E-state index in [1.165, 1.54) is 17.0 Å². The first-order valence-electron chi connectivity index (χ1n) is 13.9. The van der Waals surface area contributed by atoms with Gasteiger partial charge in [-0.15, -0.1) is 0 Å². The Morgan fingerprint density at radius 1 is 0.860 bits per heavy atom. The summed E-state index contributed by atoms with van der Waals surface area (Å²) < 4.78 is 26.9. The molecule has 2 amide bonds. The summed E-state index contributed by atoms with van der Waals surface area (Å²) in [4.78, 5) is 29.7. The molecular formula is C31H33Cl4N3O4S. The predicted octanol–water partition coefficient (Wildman–Crippen LogP) is 7.16. The van der Waals surface area contributed by atoms with E-state index < -0.39 is 28.5 Å². The molecule has 43 heavy (non-hydrogen) atoms. The molecule has 0 spiro atoms. The summed E-state index contributed by atoms with van der Waals surface area (Å²) in [5.41, 5.74) is 1.58. The number of anilines is 1. The number of hydrogen-bond acceptors (Lipinski definition) is 4. The maximum Gasteiger partial charge on any atom is 0.244 e. The number of rotatable bonds is 11. The molecule has 12 heteroatoms. The highest BCUT2D eigenvalue weighted by atomic mass is 35.5. The lowest BCUT2D eigenvalue weighted by Crippen LogP contribution is -2.55. The van der Waals surface area contributed by atoms with Gasteiger partial charge >= 0.3 is 0 Å². The molecule has 0 bridgehead atoms. The number of hydrogen-bond donors (Lipinski definition) is 1. The molecule has 0 heterocycles. The summed E-state index contributed by atoms with van der Waals surface area (Å²) in [5, 5.41) is 3.92. The third-order valence-corrected chi connectivity index (χ3v) is 9.83. The molecule has 1 fully saturated rings. The van der Waals surface area contributed by atoms with Gasteiger partial charge in [-0.3, -0.25) is 13.9 Å². The fourth-order valence-electron chi connectivity index (χ4n) is 5.18. The van der Waals surface area contributed by atoms with Gasteiger partial charge in [0.2, 0.25) is 21.8 Å². The van der Waals surface area contributed by atoms with E-state index in [2.05, 4.69) is 5.32 Å². The van der Waals surface area contributed by atoms with Gasteiger partial charge in [-0.25, -0.2) is 8.42 Å². The number of nitrogens with zero attached hydrogens (tertiary/aromatic N) is 2. The average Bonchev–Trinajstić information content (AvgIpc) is 2.97. The third kappa shape index (κ3) is 9.25. The number of amides is 2. The van der Waals surface area contributed by atoms with E-state index >= 15 is 0 Å². The molecule has 1 aliphatic carbocycles. The number of benzene rings is 3. The molecule has 1 atom stereocenters. The van der Waals surface area contributed by atoms with Gasteiger partial charge in [0.05, 0.1) is 27.0 Å². The van der Waals surface area contributed by atoms with Crippen LogP contribution >= 0.6 is 46.4 Å². The molecule has 0 radical (unpaired) electrons. The Morgan fingerprint density at radius 3 is 2.12 bits per heavy atom. The van der Waals surface area contributed by atoms with Gasteiger partial charge in [0, 0.05) is 24.0 Å². The zero-order valence-electron chi connectivity index (χ0n) is 23.6. The van der Waals surface area contributed by atoms with Crippen molar-refractivity contribution in [3.63, 3.8) is 0 Å². The van der Waals surface area contributed by atoms with Crippen molar-refractivity contribution in [2.24, 2.45) is 0 Å². The van der Waals surface area contributed by atoms with Crippen LogP contribution in [-0.2, 0) is 32.6 Å². The van der Waals surface area contributed by atoms with E-state index in [9.17, 15) is 18.0 Å². The first-order valence-corrected chi connectivity index (χ1v) is 17.3. The second-order valence-electron chi connectivity index (χ2n) is 10.7. The van der Waals surface area contributed by atoms with E-state index in [-0.39, 0.29) is 45.7 Å². The van der Waals surface area contributed by atoms with E-state index in [0.717, 1.165) is 53.8 Å². The molecule has 1 aliphatic rings. The van der Waals surface area contributed by atoms with Crippen molar-refractivity contribution in [3.05, 3.63) is 97.9 Å². The van der Waals surface area contributed by atoms with Crippen LogP contribution in [0.2, 0.25) is 20.1 Å². The molecule has 3 aromatic rings. The third-order valence-electron chi connectivity index (χ3n) is 7.43. The Balaban J connectivity index is 1.74. The van der Waals surface area contributed by atoms with Crippen molar-refractivity contribution in [2.45, 2.75) is 57.2 Å². The molecule has 0 aliphatic heterocycles. The van der Waals surface area contributed by atoms with E-state index in [1.807, 2.05) is 30.3 Å². The molecule has 3 aromatic carbocycles. The van der Waals surface area contributed by atoms with E-state index in [1.54, 1.807) is 24.3 Å². The highest BCUT2D eigenvalue weighted by Crippen LogP contribution is 2.36. The van der Waals surface area contributed by atoms with Crippen molar-refractivity contribution in [1.29, 1.82) is 0 Å². The lowest BCUT2D eigenvalue weighted by atomic mass is 9.94. The van der Waals surface area contributed by atoms with Gasteiger partial charge in [-0.05, 0) is 48.2 Å². The van der Waals surface area contributed by atoms with Crippen LogP contribution in [-0.4, -0.2) is 50.0 Å². The predicted molar refractivity (Wildman–Crippen MR) is 175 cm³/mol. The fraction of sp³-hybridized carbons (Fsp3) is 0.355. The van der Waals surface area contributed by atoms with Crippen molar-refractivity contribution in [1.82, 2.24) is 10.2 Å². The summed E-state index contributed by atoms with van der Waals surface area (Å²) in [6.45, 7) is -0.579. The van der Waals surface area contributed by atoms with Crippen molar-refractivity contribution in [2.75, 3.05) is 17.1 Å². The van der Waals surface area contributed by atoms with Gasteiger partial charge in [-0.2, -0.15) is 0 Å². The quantitative estimate of drug-likeness (QED) is 0.217. The summed E-state index contributed by atoms with van der Waals surface area (Å²) in [5.74, 6) is -0.890. The lowest BCUT2D eigenvalue weighted by Gasteiger charge is -2.35. The molecule has 0 aromatic heterocycles.